The minimum absolute atomic E-state index is 1.11. The summed E-state index contributed by atoms with van der Waals surface area (Å²) in [6, 6.07) is 0. The minimum Gasteiger partial charge on any atom is -0.273 e. The lowest BCUT2D eigenvalue weighted by atomic mass is 10.8. The van der Waals surface area contributed by atoms with Crippen molar-refractivity contribution in [2.75, 3.05) is 6.61 Å². The van der Waals surface area contributed by atoms with Gasteiger partial charge in [-0.2, -0.15) is 9.05 Å². The Morgan fingerprint density at radius 1 is 1.06 bits per heavy atom. The molecule has 0 aliphatic carbocycles. The van der Waals surface area contributed by atoms with Gasteiger partial charge < -0.3 is 0 Å². The molecule has 11 heteroatoms. The van der Waals surface area contributed by atoms with Crippen LogP contribution in [0.3, 0.4) is 0 Å². The van der Waals surface area contributed by atoms with Gasteiger partial charge in [0.1, 0.15) is 6.61 Å². The van der Waals surface area contributed by atoms with Crippen LogP contribution in [-0.2, 0) is 18.1 Å². The number of hydrogen-bond donors (Lipinski definition) is 0. The van der Waals surface area contributed by atoms with Gasteiger partial charge in [0, 0.05) is 0 Å². The van der Waals surface area contributed by atoms with Gasteiger partial charge in [0.05, 0.1) is 0 Å². The summed E-state index contributed by atoms with van der Waals surface area (Å²) in [5.41, 5.74) is 0. The molecule has 4 nitrogen and oxygen atoms in total. The van der Waals surface area contributed by atoms with Gasteiger partial charge in [-0.25, -0.2) is 4.57 Å². The van der Waals surface area contributed by atoms with Crippen LogP contribution in [0.4, 0.5) is 26.3 Å². The van der Waals surface area contributed by atoms with E-state index in [0.717, 1.165) is 0 Å². The molecule has 0 heterocycles. The standard InChI is InChI=1S/C5H3F6O4P/c1-2-3-13-16(12,14-4(6,7)8)15-5(9,10)11/h1H,3H2. The number of phosphoric ester groups is 1. The summed E-state index contributed by atoms with van der Waals surface area (Å²) in [4.78, 5) is 0. The lowest BCUT2D eigenvalue weighted by Gasteiger charge is -2.18. The van der Waals surface area contributed by atoms with Crippen LogP contribution in [0.2, 0.25) is 0 Å². The maximum atomic E-state index is 11.6. The van der Waals surface area contributed by atoms with Crippen LogP contribution < -0.4 is 0 Å². The highest BCUT2D eigenvalue weighted by atomic mass is 31.2. The fourth-order valence-corrected chi connectivity index (χ4v) is 1.32. The maximum Gasteiger partial charge on any atom is 0.531 e. The van der Waals surface area contributed by atoms with Gasteiger partial charge in [-0.3, -0.25) is 4.52 Å². The molecule has 0 atom stereocenters. The van der Waals surface area contributed by atoms with Gasteiger partial charge in [-0.1, -0.05) is 5.92 Å². The van der Waals surface area contributed by atoms with Crippen LogP contribution in [0.25, 0.3) is 0 Å². The Labute approximate surface area is 85.1 Å². The maximum absolute atomic E-state index is 11.6. The molecule has 0 aliphatic heterocycles. The smallest absolute Gasteiger partial charge is 0.273 e. The van der Waals surface area contributed by atoms with E-state index in [1.807, 2.05) is 0 Å². The first kappa shape index (κ1) is 15.2. The fourth-order valence-electron chi connectivity index (χ4n) is 0.441. The molecule has 94 valence electrons. The molecule has 0 fully saturated rings. The zero-order valence-electron chi connectivity index (χ0n) is 7.13. The van der Waals surface area contributed by atoms with Crippen LogP contribution in [0, 0.1) is 12.3 Å². The SMILES string of the molecule is C#CCOP(=O)(OC(F)(F)F)OC(F)(F)F. The summed E-state index contributed by atoms with van der Waals surface area (Å²) < 4.78 is 89.0. The number of terminal acetylenes is 1. The molecule has 0 aliphatic rings. The average molecular weight is 272 g/mol. The highest BCUT2D eigenvalue weighted by molar-refractivity contribution is 7.48. The molecule has 0 amide bonds. The second-order valence-corrected chi connectivity index (χ2v) is 3.52. The summed E-state index contributed by atoms with van der Waals surface area (Å²) in [5.74, 6) is 1.51. The number of hydrogen-bond acceptors (Lipinski definition) is 4. The second kappa shape index (κ2) is 5.05. The van der Waals surface area contributed by atoms with Crippen molar-refractivity contribution in [3.05, 3.63) is 0 Å². The molecule has 0 aromatic rings. The van der Waals surface area contributed by atoms with Crippen molar-refractivity contribution in [2.45, 2.75) is 12.7 Å². The Morgan fingerprint density at radius 2 is 1.44 bits per heavy atom. The van der Waals surface area contributed by atoms with Crippen LogP contribution >= 0.6 is 7.82 Å². The lowest BCUT2D eigenvalue weighted by Crippen LogP contribution is -2.19. The molecular weight excluding hydrogens is 269 g/mol. The number of halogens is 6. The Morgan fingerprint density at radius 3 is 1.69 bits per heavy atom. The molecule has 0 rings (SSSR count). The quantitative estimate of drug-likeness (QED) is 0.448. The zero-order valence-corrected chi connectivity index (χ0v) is 8.03. The van der Waals surface area contributed by atoms with Gasteiger partial charge in [-0.15, -0.1) is 32.8 Å². The summed E-state index contributed by atoms with van der Waals surface area (Å²) >= 11 is 0. The van der Waals surface area contributed by atoms with Crippen molar-refractivity contribution >= 4 is 7.82 Å². The topological polar surface area (TPSA) is 44.8 Å². The molecule has 0 aromatic carbocycles. The van der Waals surface area contributed by atoms with Crippen molar-refractivity contribution in [1.82, 2.24) is 0 Å². The van der Waals surface area contributed by atoms with E-state index in [-0.39, 0.29) is 0 Å². The normalized spacial score (nSPS) is 13.6. The predicted octanol–water partition coefficient (Wildman–Crippen LogP) is 2.82. The first-order valence-corrected chi connectivity index (χ1v) is 4.66. The third-order valence-electron chi connectivity index (χ3n) is 0.737. The predicted molar refractivity (Wildman–Crippen MR) is 36.7 cm³/mol. The second-order valence-electron chi connectivity index (χ2n) is 2.00. The largest absolute Gasteiger partial charge is 0.531 e. The summed E-state index contributed by atoms with van der Waals surface area (Å²) in [6.45, 7) is -1.11. The first-order valence-electron chi connectivity index (χ1n) is 3.20. The van der Waals surface area contributed by atoms with E-state index in [1.54, 1.807) is 0 Å². The first-order chi connectivity index (χ1) is 6.97. The third-order valence-corrected chi connectivity index (χ3v) is 2.04. The number of alkyl halides is 6. The van der Waals surface area contributed by atoms with Crippen LogP contribution in [0.15, 0.2) is 0 Å². The Balaban J connectivity index is 4.77. The van der Waals surface area contributed by atoms with Crippen molar-refractivity contribution in [3.8, 4) is 12.3 Å². The van der Waals surface area contributed by atoms with Crippen molar-refractivity contribution in [1.29, 1.82) is 0 Å². The van der Waals surface area contributed by atoms with Gasteiger partial charge in [0.2, 0.25) is 0 Å². The van der Waals surface area contributed by atoms with Crippen molar-refractivity contribution in [3.63, 3.8) is 0 Å². The van der Waals surface area contributed by atoms with Crippen LogP contribution in [0.5, 0.6) is 0 Å². The molecular formula is C5H3F6O4P. The molecule has 0 radical (unpaired) electrons. The Kier molecular flexibility index (Phi) is 4.82. The van der Waals surface area contributed by atoms with E-state index >= 15 is 0 Å². The molecule has 0 N–H and O–H groups in total. The molecule has 0 unspecified atom stereocenters. The van der Waals surface area contributed by atoms with E-state index in [0.29, 0.717) is 0 Å². The van der Waals surface area contributed by atoms with E-state index in [9.17, 15) is 30.9 Å². The van der Waals surface area contributed by atoms with Gasteiger partial charge in [0.15, 0.2) is 0 Å². The summed E-state index contributed by atoms with van der Waals surface area (Å²) in [5, 5.41) is 0. The molecule has 0 spiro atoms. The van der Waals surface area contributed by atoms with Gasteiger partial charge in [0.25, 0.3) is 0 Å². The fraction of sp³-hybridized carbons (Fsp3) is 0.600. The number of rotatable bonds is 4. The zero-order chi connectivity index (χ0) is 13.0. The van der Waals surface area contributed by atoms with E-state index in [2.05, 4.69) is 20.0 Å². The minimum atomic E-state index is -5.87. The summed E-state index contributed by atoms with van der Waals surface area (Å²) in [6.07, 6.45) is -6.77. The van der Waals surface area contributed by atoms with Crippen LogP contribution in [-0.4, -0.2) is 19.3 Å². The van der Waals surface area contributed by atoms with E-state index in [1.165, 1.54) is 5.92 Å². The lowest BCUT2D eigenvalue weighted by molar-refractivity contribution is -0.315. The van der Waals surface area contributed by atoms with Crippen LogP contribution in [0.1, 0.15) is 0 Å². The molecule has 0 bridgehead atoms. The Bertz CT molecular complexity index is 294. The van der Waals surface area contributed by atoms with Crippen molar-refractivity contribution in [2.24, 2.45) is 0 Å². The van der Waals surface area contributed by atoms with Gasteiger partial charge >= 0.3 is 20.5 Å². The molecule has 0 saturated carbocycles. The van der Waals surface area contributed by atoms with Gasteiger partial charge in [-0.05, 0) is 0 Å². The third kappa shape index (κ3) is 7.53. The molecule has 16 heavy (non-hydrogen) atoms. The number of phosphoric acid groups is 1. The average Bonchev–Trinajstić information content (AvgIpc) is 1.93. The summed E-state index contributed by atoms with van der Waals surface area (Å²) in [7, 11) is -5.87. The monoisotopic (exact) mass is 272 g/mol. The van der Waals surface area contributed by atoms with E-state index < -0.39 is 27.2 Å². The Hall–Kier alpha value is -0.750. The highest BCUT2D eigenvalue weighted by Gasteiger charge is 2.50. The molecule has 0 saturated heterocycles. The highest BCUT2D eigenvalue weighted by Crippen LogP contribution is 2.57. The molecule has 0 aromatic heterocycles. The van der Waals surface area contributed by atoms with E-state index in [4.69, 9.17) is 0 Å². The van der Waals surface area contributed by atoms with Crippen molar-refractivity contribution < 1.29 is 44.5 Å².